The van der Waals surface area contributed by atoms with Crippen molar-refractivity contribution in [2.75, 3.05) is 0 Å². The summed E-state index contributed by atoms with van der Waals surface area (Å²) in [6.07, 6.45) is 9.75. The van der Waals surface area contributed by atoms with E-state index in [1.807, 2.05) is 0 Å². The van der Waals surface area contributed by atoms with Crippen molar-refractivity contribution in [3.05, 3.63) is 73.1 Å². The zero-order valence-corrected chi connectivity index (χ0v) is 13.8. The molecule has 1 aliphatic rings. The Bertz CT molecular complexity index is 909. The van der Waals surface area contributed by atoms with Crippen LogP contribution >= 0.6 is 0 Å². The van der Waals surface area contributed by atoms with E-state index in [2.05, 4.69) is 82.2 Å². The van der Waals surface area contributed by atoms with Gasteiger partial charge in [0, 0.05) is 23.4 Å². The van der Waals surface area contributed by atoms with Crippen molar-refractivity contribution in [1.82, 2.24) is 9.13 Å². The number of para-hydroxylation sites is 2. The van der Waals surface area contributed by atoms with Gasteiger partial charge in [-0.1, -0.05) is 49.2 Å². The van der Waals surface area contributed by atoms with Crippen molar-refractivity contribution in [3.8, 4) is 0 Å². The van der Waals surface area contributed by atoms with Crippen LogP contribution < -0.4 is 0 Å². The van der Waals surface area contributed by atoms with Crippen LogP contribution in [0.1, 0.15) is 37.8 Å². The second-order valence-corrected chi connectivity index (χ2v) is 6.98. The maximum atomic E-state index is 2.52. The zero-order valence-electron chi connectivity index (χ0n) is 13.8. The molecule has 24 heavy (non-hydrogen) atoms. The first kappa shape index (κ1) is 13.9. The average molecular weight is 314 g/mol. The van der Waals surface area contributed by atoms with Gasteiger partial charge in [-0.15, -0.1) is 0 Å². The summed E-state index contributed by atoms with van der Waals surface area (Å²) in [5.74, 6) is 0. The summed E-state index contributed by atoms with van der Waals surface area (Å²) in [4.78, 5) is 0. The largest absolute Gasteiger partial charge is 0.342 e. The Morgan fingerprint density at radius 2 is 1.04 bits per heavy atom. The molecule has 120 valence electrons. The summed E-state index contributed by atoms with van der Waals surface area (Å²) in [5.41, 5.74) is 2.73. The summed E-state index contributed by atoms with van der Waals surface area (Å²) in [6, 6.07) is 23.1. The molecule has 2 nitrogen and oxygen atoms in total. The first-order chi connectivity index (χ1) is 11.9. The second-order valence-electron chi connectivity index (χ2n) is 6.98. The predicted molar refractivity (Wildman–Crippen MR) is 100 cm³/mol. The van der Waals surface area contributed by atoms with E-state index in [1.165, 1.54) is 47.5 Å². The molecule has 2 heteroatoms. The summed E-state index contributed by atoms with van der Waals surface area (Å²) < 4.78 is 5.04. The number of hydrogen-bond donors (Lipinski definition) is 0. The summed E-state index contributed by atoms with van der Waals surface area (Å²) >= 11 is 0. The molecule has 0 saturated heterocycles. The SMILES string of the molecule is c1ccc2c(c1)ccn2C1CCCCC1n1ccc2ccccc21. The van der Waals surface area contributed by atoms with Crippen molar-refractivity contribution in [2.24, 2.45) is 0 Å². The minimum absolute atomic E-state index is 0.537. The molecule has 0 N–H and O–H groups in total. The molecule has 1 fully saturated rings. The molecule has 0 aliphatic heterocycles. The molecule has 2 aromatic heterocycles. The van der Waals surface area contributed by atoms with Crippen molar-refractivity contribution in [2.45, 2.75) is 37.8 Å². The number of hydrogen-bond acceptors (Lipinski definition) is 0. The van der Waals surface area contributed by atoms with E-state index < -0.39 is 0 Å². The lowest BCUT2D eigenvalue weighted by Gasteiger charge is -2.35. The molecule has 1 saturated carbocycles. The number of nitrogens with zero attached hydrogens (tertiary/aromatic N) is 2. The fourth-order valence-electron chi connectivity index (χ4n) is 4.53. The predicted octanol–water partition coefficient (Wildman–Crippen LogP) is 5.95. The maximum Gasteiger partial charge on any atom is 0.0544 e. The van der Waals surface area contributed by atoms with Crippen LogP contribution in [0.2, 0.25) is 0 Å². The molecule has 2 aromatic carbocycles. The molecule has 2 heterocycles. The maximum absolute atomic E-state index is 2.52. The first-order valence-corrected chi connectivity index (χ1v) is 9.03. The minimum atomic E-state index is 0.537. The average Bonchev–Trinajstić information content (AvgIpc) is 3.26. The van der Waals surface area contributed by atoms with Crippen LogP contribution in [0.3, 0.4) is 0 Å². The summed E-state index contributed by atoms with van der Waals surface area (Å²) in [6.45, 7) is 0. The topological polar surface area (TPSA) is 9.86 Å². The van der Waals surface area contributed by atoms with Crippen LogP contribution in [0, 0.1) is 0 Å². The van der Waals surface area contributed by atoms with E-state index in [0.29, 0.717) is 12.1 Å². The monoisotopic (exact) mass is 314 g/mol. The molecule has 2 unspecified atom stereocenters. The normalized spacial score (nSPS) is 21.5. The van der Waals surface area contributed by atoms with Crippen LogP contribution in [0.5, 0.6) is 0 Å². The van der Waals surface area contributed by atoms with Crippen molar-refractivity contribution in [3.63, 3.8) is 0 Å². The second kappa shape index (κ2) is 5.55. The molecule has 1 aliphatic carbocycles. The first-order valence-electron chi connectivity index (χ1n) is 9.03. The van der Waals surface area contributed by atoms with E-state index in [0.717, 1.165) is 0 Å². The fraction of sp³-hybridized carbons (Fsp3) is 0.273. The summed E-state index contributed by atoms with van der Waals surface area (Å²) in [5, 5.41) is 2.69. The Hall–Kier alpha value is -2.48. The molecule has 0 radical (unpaired) electrons. The number of aromatic nitrogens is 2. The highest BCUT2D eigenvalue weighted by Crippen LogP contribution is 2.41. The molecular formula is C22H22N2. The molecule has 2 atom stereocenters. The third kappa shape index (κ3) is 2.10. The van der Waals surface area contributed by atoms with E-state index >= 15 is 0 Å². The fourth-order valence-corrected chi connectivity index (χ4v) is 4.53. The third-order valence-electron chi connectivity index (χ3n) is 5.67. The van der Waals surface area contributed by atoms with Gasteiger partial charge in [-0.3, -0.25) is 0 Å². The molecule has 0 spiro atoms. The lowest BCUT2D eigenvalue weighted by atomic mass is 9.89. The number of benzene rings is 2. The van der Waals surface area contributed by atoms with E-state index in [-0.39, 0.29) is 0 Å². The highest BCUT2D eigenvalue weighted by molar-refractivity contribution is 5.81. The number of fused-ring (bicyclic) bond motifs is 2. The Morgan fingerprint density at radius 1 is 0.583 bits per heavy atom. The molecule has 0 amide bonds. The van der Waals surface area contributed by atoms with Crippen LogP contribution in [0.25, 0.3) is 21.8 Å². The van der Waals surface area contributed by atoms with Gasteiger partial charge in [0.05, 0.1) is 12.1 Å². The van der Waals surface area contributed by atoms with E-state index in [9.17, 15) is 0 Å². The van der Waals surface area contributed by atoms with Gasteiger partial charge in [0.2, 0.25) is 0 Å². The molecule has 0 bridgehead atoms. The van der Waals surface area contributed by atoms with E-state index in [4.69, 9.17) is 0 Å². The smallest absolute Gasteiger partial charge is 0.0544 e. The van der Waals surface area contributed by atoms with Gasteiger partial charge in [-0.05, 0) is 47.9 Å². The van der Waals surface area contributed by atoms with Crippen LogP contribution in [0.15, 0.2) is 73.1 Å². The van der Waals surface area contributed by atoms with Gasteiger partial charge in [0.25, 0.3) is 0 Å². The lowest BCUT2D eigenvalue weighted by Crippen LogP contribution is -2.25. The van der Waals surface area contributed by atoms with Gasteiger partial charge >= 0.3 is 0 Å². The molecular weight excluding hydrogens is 292 g/mol. The van der Waals surface area contributed by atoms with Gasteiger partial charge in [0.1, 0.15) is 0 Å². The number of rotatable bonds is 2. The van der Waals surface area contributed by atoms with Crippen molar-refractivity contribution < 1.29 is 0 Å². The molecule has 4 aromatic rings. The Balaban J connectivity index is 1.64. The van der Waals surface area contributed by atoms with Crippen molar-refractivity contribution >= 4 is 21.8 Å². The third-order valence-corrected chi connectivity index (χ3v) is 5.67. The van der Waals surface area contributed by atoms with Gasteiger partial charge < -0.3 is 9.13 Å². The molecule has 5 rings (SSSR count). The summed E-state index contributed by atoms with van der Waals surface area (Å²) in [7, 11) is 0. The van der Waals surface area contributed by atoms with Gasteiger partial charge in [-0.2, -0.15) is 0 Å². The van der Waals surface area contributed by atoms with Crippen LogP contribution in [-0.4, -0.2) is 9.13 Å². The minimum Gasteiger partial charge on any atom is -0.342 e. The van der Waals surface area contributed by atoms with Gasteiger partial charge in [-0.25, -0.2) is 0 Å². The van der Waals surface area contributed by atoms with Crippen LogP contribution in [-0.2, 0) is 0 Å². The standard InChI is InChI=1S/C22H22N2/c1-3-9-19-17(7-1)13-15-23(19)21-11-5-6-12-22(21)24-16-14-18-8-2-4-10-20(18)24/h1-4,7-10,13-16,21-22H,5-6,11-12H2. The highest BCUT2D eigenvalue weighted by Gasteiger charge is 2.29. The van der Waals surface area contributed by atoms with Crippen molar-refractivity contribution in [1.29, 1.82) is 0 Å². The zero-order chi connectivity index (χ0) is 15.9. The van der Waals surface area contributed by atoms with Gasteiger partial charge in [0.15, 0.2) is 0 Å². The Morgan fingerprint density at radius 3 is 1.54 bits per heavy atom. The van der Waals surface area contributed by atoms with E-state index in [1.54, 1.807) is 0 Å². The quantitative estimate of drug-likeness (QED) is 0.432. The van der Waals surface area contributed by atoms with Crippen LogP contribution in [0.4, 0.5) is 0 Å². The lowest BCUT2D eigenvalue weighted by molar-refractivity contribution is 0.250. The Labute approximate surface area is 142 Å². The highest BCUT2D eigenvalue weighted by atomic mass is 15.1. The Kier molecular flexibility index (Phi) is 3.22.